The van der Waals surface area contributed by atoms with Crippen LogP contribution in [-0.2, 0) is 0 Å². The number of hydrazone groups is 1. The molecule has 0 bridgehead atoms. The molecule has 0 amide bonds. The highest BCUT2D eigenvalue weighted by Crippen LogP contribution is 2.34. The lowest BCUT2D eigenvalue weighted by Gasteiger charge is -2.25. The highest BCUT2D eigenvalue weighted by atomic mass is 15.5. The molecule has 0 aliphatic heterocycles. The molecular weight excluding hydrogens is 534 g/mol. The molecule has 44 heavy (non-hydrogen) atoms. The topological polar surface area (TPSA) is 18.8 Å². The van der Waals surface area contributed by atoms with Crippen LogP contribution in [0, 0.1) is 0 Å². The van der Waals surface area contributed by atoms with Crippen molar-refractivity contribution in [2.75, 3.05) is 9.91 Å². The minimum atomic E-state index is 0.965. The summed E-state index contributed by atoms with van der Waals surface area (Å²) in [6.45, 7) is 0. The van der Waals surface area contributed by atoms with Crippen LogP contribution in [-0.4, -0.2) is 6.21 Å². The summed E-state index contributed by atoms with van der Waals surface area (Å²) in [6.07, 6.45) is 18.8. The highest BCUT2D eigenvalue weighted by Gasteiger charge is 2.13. The lowest BCUT2D eigenvalue weighted by molar-refractivity contribution is 0.863. The van der Waals surface area contributed by atoms with E-state index in [4.69, 9.17) is 5.10 Å². The number of rotatable bonds is 10. The number of para-hydroxylation sites is 2. The quantitative estimate of drug-likeness (QED) is 0.0946. The predicted molar refractivity (Wildman–Crippen MR) is 189 cm³/mol. The second-order valence-corrected chi connectivity index (χ2v) is 10.5. The van der Waals surface area contributed by atoms with Crippen LogP contribution in [0.4, 0.5) is 22.7 Å². The highest BCUT2D eigenvalue weighted by molar-refractivity contribution is 5.83. The van der Waals surface area contributed by atoms with Crippen molar-refractivity contribution in [3.05, 3.63) is 192 Å². The summed E-state index contributed by atoms with van der Waals surface area (Å²) in [5, 5.41) is 6.96. The lowest BCUT2D eigenvalue weighted by atomic mass is 10.1. The van der Waals surface area contributed by atoms with Crippen LogP contribution in [0.1, 0.15) is 29.5 Å². The van der Waals surface area contributed by atoms with Crippen molar-refractivity contribution in [2.24, 2.45) is 5.10 Å². The van der Waals surface area contributed by atoms with E-state index in [9.17, 15) is 0 Å². The Balaban J connectivity index is 1.22. The summed E-state index contributed by atoms with van der Waals surface area (Å²) in [6, 6.07) is 48.4. The zero-order chi connectivity index (χ0) is 29.8. The van der Waals surface area contributed by atoms with Crippen molar-refractivity contribution in [1.29, 1.82) is 0 Å². The van der Waals surface area contributed by atoms with E-state index in [0.717, 1.165) is 46.7 Å². The van der Waals surface area contributed by atoms with Crippen molar-refractivity contribution in [3.63, 3.8) is 0 Å². The maximum atomic E-state index is 4.92. The van der Waals surface area contributed by atoms with E-state index in [0.29, 0.717) is 0 Å². The van der Waals surface area contributed by atoms with Gasteiger partial charge in [0.15, 0.2) is 0 Å². The molecule has 0 spiro atoms. The molecule has 6 rings (SSSR count). The third-order valence-corrected chi connectivity index (χ3v) is 7.39. The van der Waals surface area contributed by atoms with Crippen LogP contribution in [0.2, 0.25) is 0 Å². The van der Waals surface area contributed by atoms with Gasteiger partial charge < -0.3 is 4.90 Å². The summed E-state index contributed by atoms with van der Waals surface area (Å²) in [5.41, 5.74) is 8.92. The van der Waals surface area contributed by atoms with Gasteiger partial charge in [0.2, 0.25) is 0 Å². The Morgan fingerprint density at radius 1 is 0.500 bits per heavy atom. The Morgan fingerprint density at radius 3 is 1.57 bits per heavy atom. The second kappa shape index (κ2) is 14.5. The van der Waals surface area contributed by atoms with Crippen molar-refractivity contribution < 1.29 is 0 Å². The van der Waals surface area contributed by atoms with E-state index in [1.807, 2.05) is 29.4 Å². The van der Waals surface area contributed by atoms with Crippen LogP contribution in [0.25, 0.3) is 12.2 Å². The van der Waals surface area contributed by atoms with Crippen molar-refractivity contribution in [1.82, 2.24) is 0 Å². The summed E-state index contributed by atoms with van der Waals surface area (Å²) < 4.78 is 0. The van der Waals surface area contributed by atoms with Crippen LogP contribution in [0.15, 0.2) is 181 Å². The maximum absolute atomic E-state index is 4.92. The number of benzene rings is 5. The number of anilines is 4. The van der Waals surface area contributed by atoms with E-state index in [-0.39, 0.29) is 0 Å². The Bertz CT molecular complexity index is 1760. The lowest BCUT2D eigenvalue weighted by Crippen LogP contribution is -2.16. The molecule has 5 aromatic carbocycles. The largest absolute Gasteiger partial charge is 0.311 e. The normalized spacial score (nSPS) is 13.0. The smallest absolute Gasteiger partial charge is 0.0648 e. The molecule has 214 valence electrons. The first kappa shape index (κ1) is 28.4. The average molecular weight is 570 g/mol. The average Bonchev–Trinajstić information content (AvgIpc) is 3.10. The molecule has 5 aromatic rings. The molecule has 0 aromatic heterocycles. The van der Waals surface area contributed by atoms with Crippen molar-refractivity contribution in [2.45, 2.75) is 12.8 Å². The number of hydrogen-bond acceptors (Lipinski definition) is 3. The zero-order valence-corrected chi connectivity index (χ0v) is 24.7. The van der Waals surface area contributed by atoms with E-state index >= 15 is 0 Å². The summed E-state index contributed by atoms with van der Waals surface area (Å²) in [4.78, 5) is 2.28. The molecule has 1 aliphatic rings. The van der Waals surface area contributed by atoms with E-state index in [1.54, 1.807) is 0 Å². The summed E-state index contributed by atoms with van der Waals surface area (Å²) >= 11 is 0. The van der Waals surface area contributed by atoms with E-state index < -0.39 is 0 Å². The van der Waals surface area contributed by atoms with E-state index in [2.05, 4.69) is 169 Å². The zero-order valence-electron chi connectivity index (χ0n) is 24.7. The van der Waals surface area contributed by atoms with Crippen LogP contribution < -0.4 is 9.91 Å². The molecule has 0 radical (unpaired) electrons. The Labute approximate surface area is 260 Å². The molecule has 0 heterocycles. The van der Waals surface area contributed by atoms with Crippen LogP contribution >= 0.6 is 0 Å². The van der Waals surface area contributed by atoms with Gasteiger partial charge in [0, 0.05) is 22.8 Å². The van der Waals surface area contributed by atoms with Gasteiger partial charge in [0.1, 0.15) is 0 Å². The number of allylic oxidation sites excluding steroid dienone is 6. The third kappa shape index (κ3) is 7.39. The number of nitrogens with zero attached hydrogens (tertiary/aromatic N) is 3. The monoisotopic (exact) mass is 569 g/mol. The van der Waals surface area contributed by atoms with Gasteiger partial charge in [-0.05, 0) is 84.1 Å². The van der Waals surface area contributed by atoms with Gasteiger partial charge in [-0.1, -0.05) is 127 Å². The van der Waals surface area contributed by atoms with E-state index in [1.165, 1.54) is 11.3 Å². The molecule has 1 aliphatic carbocycles. The minimum absolute atomic E-state index is 0.965. The minimum Gasteiger partial charge on any atom is -0.311 e. The Kier molecular flexibility index (Phi) is 9.36. The first-order valence-corrected chi connectivity index (χ1v) is 15.0. The summed E-state index contributed by atoms with van der Waals surface area (Å²) in [7, 11) is 0. The molecule has 3 heteroatoms. The second-order valence-electron chi connectivity index (χ2n) is 10.5. The fourth-order valence-electron chi connectivity index (χ4n) is 5.13. The van der Waals surface area contributed by atoms with Gasteiger partial charge in [0.25, 0.3) is 0 Å². The molecule has 0 unspecified atom stereocenters. The van der Waals surface area contributed by atoms with Crippen molar-refractivity contribution >= 4 is 41.1 Å². The predicted octanol–water partition coefficient (Wildman–Crippen LogP) is 11.0. The number of hydrogen-bond donors (Lipinski definition) is 0. The molecule has 0 N–H and O–H groups in total. The van der Waals surface area contributed by atoms with Gasteiger partial charge in [-0.2, -0.15) is 5.10 Å². The summed E-state index contributed by atoms with van der Waals surface area (Å²) in [5.74, 6) is 0. The first-order chi connectivity index (χ1) is 21.8. The fourth-order valence-corrected chi connectivity index (χ4v) is 5.13. The maximum Gasteiger partial charge on any atom is 0.0648 e. The molecule has 3 nitrogen and oxygen atoms in total. The van der Waals surface area contributed by atoms with Gasteiger partial charge >= 0.3 is 0 Å². The molecule has 0 saturated heterocycles. The van der Waals surface area contributed by atoms with Gasteiger partial charge in [-0.25, -0.2) is 5.01 Å². The van der Waals surface area contributed by atoms with Gasteiger partial charge in [-0.15, -0.1) is 0 Å². The molecule has 0 saturated carbocycles. The Morgan fingerprint density at radius 2 is 1.00 bits per heavy atom. The molecule has 0 atom stereocenters. The molecular formula is C41H35N3. The van der Waals surface area contributed by atoms with Crippen LogP contribution in [0.3, 0.4) is 0 Å². The standard InChI is InChI=1S/C41H35N3/c1-5-15-34(16-6-1)17-13-14-18-35-25-29-38(30-26-35)43(37-19-7-2-8-20-37)39-31-27-36(28-32-39)33-42-44(40-21-9-3-10-22-40)41-23-11-4-12-24-41/h1-11,13-23,25-33H,12,24H2/b17-13+,18-14+,42-33+. The third-order valence-electron chi connectivity index (χ3n) is 7.39. The molecule has 0 fully saturated rings. The first-order valence-electron chi connectivity index (χ1n) is 15.0. The SMILES string of the molecule is C1=CCCC(N(/N=C/c2ccc(N(c3ccccc3)c3ccc(/C=C/C=C/c4ccccc4)cc3)cc2)c2ccccc2)=C1. The fraction of sp³-hybridized carbons (Fsp3) is 0.0488. The van der Waals surface area contributed by atoms with Crippen molar-refractivity contribution in [3.8, 4) is 0 Å². The van der Waals surface area contributed by atoms with Gasteiger partial charge in [-0.3, -0.25) is 0 Å². The van der Waals surface area contributed by atoms with Crippen LogP contribution in [0.5, 0.6) is 0 Å². The van der Waals surface area contributed by atoms with Gasteiger partial charge in [0.05, 0.1) is 11.9 Å². The Hall–Kier alpha value is -5.67.